The normalized spacial score (nSPS) is 13.5. The lowest BCUT2D eigenvalue weighted by Gasteiger charge is -2.27. The second-order valence-electron chi connectivity index (χ2n) is 6.73. The molecule has 0 aliphatic carbocycles. The summed E-state index contributed by atoms with van der Waals surface area (Å²) in [6.45, 7) is 6.73. The first-order valence-corrected chi connectivity index (χ1v) is 11.1. The summed E-state index contributed by atoms with van der Waals surface area (Å²) < 4.78 is 8.75. The molecule has 2 nitrogen and oxygen atoms in total. The third kappa shape index (κ3) is 3.01. The Morgan fingerprint density at radius 2 is 1.55 bits per heavy atom. The quantitative estimate of drug-likeness (QED) is 0.610. The van der Waals surface area contributed by atoms with Gasteiger partial charge in [0.15, 0.2) is 8.32 Å². The zero-order valence-corrected chi connectivity index (χ0v) is 14.7. The molecule has 1 unspecified atom stereocenters. The Bertz CT molecular complexity index is 771. The topological polar surface area (TPSA) is 14.2 Å². The molecule has 0 spiro atoms. The minimum absolute atomic E-state index is 0.000957. The molecule has 0 aliphatic rings. The van der Waals surface area contributed by atoms with Crippen molar-refractivity contribution in [3.63, 3.8) is 0 Å². The average molecular weight is 309 g/mol. The van der Waals surface area contributed by atoms with Gasteiger partial charge in [0, 0.05) is 29.7 Å². The van der Waals surface area contributed by atoms with Crippen molar-refractivity contribution in [2.24, 2.45) is 7.05 Å². The lowest BCUT2D eigenvalue weighted by Crippen LogP contribution is -2.28. The van der Waals surface area contributed by atoms with Crippen molar-refractivity contribution in [3.05, 3.63) is 71.9 Å². The fourth-order valence-electron chi connectivity index (χ4n) is 2.87. The number of rotatable bonds is 4. The molecule has 114 valence electrons. The molecule has 0 N–H and O–H groups in total. The predicted octanol–water partition coefficient (Wildman–Crippen LogP) is 5.12. The van der Waals surface area contributed by atoms with Crippen LogP contribution in [-0.2, 0) is 11.5 Å². The van der Waals surface area contributed by atoms with E-state index in [9.17, 15) is 0 Å². The number of fused-ring (bicyclic) bond motifs is 1. The Balaban J connectivity index is 2.16. The van der Waals surface area contributed by atoms with E-state index in [1.165, 1.54) is 22.0 Å². The molecule has 3 aromatic rings. The van der Waals surface area contributed by atoms with Crippen LogP contribution >= 0.6 is 0 Å². The standard InChI is InChI=1S/C19H23NOSi/c1-20-14-17(16-12-8-9-13-18(16)20)19(21-22(2,3)4)15-10-6-5-7-11-15/h5-14,19H,1-4H3. The monoisotopic (exact) mass is 309 g/mol. The van der Waals surface area contributed by atoms with E-state index in [0.717, 1.165) is 0 Å². The highest BCUT2D eigenvalue weighted by Gasteiger charge is 2.26. The molecule has 1 atom stereocenters. The van der Waals surface area contributed by atoms with Crippen LogP contribution in [0.5, 0.6) is 0 Å². The summed E-state index contributed by atoms with van der Waals surface area (Å²) in [7, 11) is 0.426. The summed E-state index contributed by atoms with van der Waals surface area (Å²) in [5.74, 6) is 0. The van der Waals surface area contributed by atoms with Gasteiger partial charge in [-0.1, -0.05) is 48.5 Å². The Kier molecular flexibility index (Phi) is 3.93. The van der Waals surface area contributed by atoms with E-state index in [0.29, 0.717) is 0 Å². The van der Waals surface area contributed by atoms with Crippen LogP contribution in [0.4, 0.5) is 0 Å². The SMILES string of the molecule is Cn1cc(C(O[Si](C)(C)C)c2ccccc2)c2ccccc21. The number of nitrogens with zero attached hydrogens (tertiary/aromatic N) is 1. The molecular weight excluding hydrogens is 286 g/mol. The molecule has 0 radical (unpaired) electrons. The fraction of sp³-hybridized carbons (Fsp3) is 0.263. The molecule has 0 fully saturated rings. The van der Waals surface area contributed by atoms with Gasteiger partial charge in [0.1, 0.15) is 0 Å². The summed E-state index contributed by atoms with van der Waals surface area (Å²) in [5.41, 5.74) is 3.73. The van der Waals surface area contributed by atoms with Crippen molar-refractivity contribution in [1.29, 1.82) is 0 Å². The summed E-state index contributed by atoms with van der Waals surface area (Å²) in [6, 6.07) is 19.1. The minimum atomic E-state index is -1.67. The zero-order chi connectivity index (χ0) is 15.7. The number of para-hydroxylation sites is 1. The van der Waals surface area contributed by atoms with E-state index in [2.05, 4.69) is 92.0 Å². The number of aromatic nitrogens is 1. The van der Waals surface area contributed by atoms with Gasteiger partial charge in [-0.25, -0.2) is 0 Å². The maximum atomic E-state index is 6.56. The molecule has 1 aromatic heterocycles. The molecule has 22 heavy (non-hydrogen) atoms. The van der Waals surface area contributed by atoms with Gasteiger partial charge in [0.2, 0.25) is 0 Å². The van der Waals surface area contributed by atoms with E-state index >= 15 is 0 Å². The largest absolute Gasteiger partial charge is 0.407 e. The third-order valence-corrected chi connectivity index (χ3v) is 4.73. The van der Waals surface area contributed by atoms with Gasteiger partial charge in [-0.05, 0) is 31.3 Å². The summed E-state index contributed by atoms with van der Waals surface area (Å²) >= 11 is 0. The number of benzene rings is 2. The molecule has 1 heterocycles. The van der Waals surface area contributed by atoms with Gasteiger partial charge in [-0.3, -0.25) is 0 Å². The second kappa shape index (κ2) is 5.74. The molecular formula is C19H23NOSi. The van der Waals surface area contributed by atoms with Crippen LogP contribution in [-0.4, -0.2) is 12.9 Å². The van der Waals surface area contributed by atoms with Crippen molar-refractivity contribution in [2.45, 2.75) is 25.7 Å². The lowest BCUT2D eigenvalue weighted by molar-refractivity contribution is 0.241. The van der Waals surface area contributed by atoms with Crippen LogP contribution in [0, 0.1) is 0 Å². The summed E-state index contributed by atoms with van der Waals surface area (Å²) in [6.07, 6.45) is 2.21. The summed E-state index contributed by atoms with van der Waals surface area (Å²) in [4.78, 5) is 0. The van der Waals surface area contributed by atoms with E-state index in [-0.39, 0.29) is 6.10 Å². The summed E-state index contributed by atoms with van der Waals surface area (Å²) in [5, 5.41) is 1.28. The number of aryl methyl sites for hydroxylation is 1. The smallest absolute Gasteiger partial charge is 0.185 e. The van der Waals surface area contributed by atoms with E-state index in [4.69, 9.17) is 4.43 Å². The average Bonchev–Trinajstić information content (AvgIpc) is 2.83. The van der Waals surface area contributed by atoms with Crippen molar-refractivity contribution in [2.75, 3.05) is 0 Å². The van der Waals surface area contributed by atoms with Crippen LogP contribution in [0.3, 0.4) is 0 Å². The van der Waals surface area contributed by atoms with Gasteiger partial charge >= 0.3 is 0 Å². The molecule has 0 aliphatic heterocycles. The Hall–Kier alpha value is -1.84. The first-order valence-electron chi connectivity index (χ1n) is 7.72. The maximum absolute atomic E-state index is 6.56. The predicted molar refractivity (Wildman–Crippen MR) is 95.6 cm³/mol. The van der Waals surface area contributed by atoms with Crippen molar-refractivity contribution in [3.8, 4) is 0 Å². The van der Waals surface area contributed by atoms with Crippen molar-refractivity contribution < 1.29 is 4.43 Å². The molecule has 3 rings (SSSR count). The second-order valence-corrected chi connectivity index (χ2v) is 11.2. The van der Waals surface area contributed by atoms with Crippen LogP contribution < -0.4 is 0 Å². The van der Waals surface area contributed by atoms with E-state index in [1.54, 1.807) is 0 Å². The molecule has 0 saturated heterocycles. The van der Waals surface area contributed by atoms with Crippen LogP contribution in [0.2, 0.25) is 19.6 Å². The van der Waals surface area contributed by atoms with Crippen molar-refractivity contribution in [1.82, 2.24) is 4.57 Å². The first kappa shape index (κ1) is 15.1. The zero-order valence-electron chi connectivity index (χ0n) is 13.7. The van der Waals surface area contributed by atoms with Gasteiger partial charge in [0.05, 0.1) is 6.10 Å². The Morgan fingerprint density at radius 1 is 0.909 bits per heavy atom. The molecule has 0 amide bonds. The Labute approximate surface area is 133 Å². The Morgan fingerprint density at radius 3 is 2.23 bits per heavy atom. The molecule has 0 bridgehead atoms. The first-order chi connectivity index (χ1) is 10.5. The number of hydrogen-bond donors (Lipinski definition) is 0. The minimum Gasteiger partial charge on any atom is -0.407 e. The van der Waals surface area contributed by atoms with Gasteiger partial charge in [-0.15, -0.1) is 0 Å². The lowest BCUT2D eigenvalue weighted by atomic mass is 10.0. The molecule has 2 aromatic carbocycles. The highest BCUT2D eigenvalue weighted by Crippen LogP contribution is 2.34. The highest BCUT2D eigenvalue weighted by atomic mass is 28.4. The van der Waals surface area contributed by atoms with E-state index in [1.807, 2.05) is 0 Å². The molecule has 0 saturated carbocycles. The van der Waals surface area contributed by atoms with Gasteiger partial charge in [0.25, 0.3) is 0 Å². The van der Waals surface area contributed by atoms with Crippen LogP contribution in [0.1, 0.15) is 17.2 Å². The van der Waals surface area contributed by atoms with E-state index < -0.39 is 8.32 Å². The van der Waals surface area contributed by atoms with Crippen LogP contribution in [0.25, 0.3) is 10.9 Å². The number of hydrogen-bond acceptors (Lipinski definition) is 1. The fourth-order valence-corrected chi connectivity index (χ4v) is 3.84. The maximum Gasteiger partial charge on any atom is 0.185 e. The molecule has 3 heteroatoms. The van der Waals surface area contributed by atoms with Gasteiger partial charge in [-0.2, -0.15) is 0 Å². The van der Waals surface area contributed by atoms with Gasteiger partial charge < -0.3 is 8.99 Å². The van der Waals surface area contributed by atoms with Crippen molar-refractivity contribution >= 4 is 19.2 Å². The third-order valence-electron chi connectivity index (χ3n) is 3.78. The highest BCUT2D eigenvalue weighted by molar-refractivity contribution is 6.69. The van der Waals surface area contributed by atoms with Crippen LogP contribution in [0.15, 0.2) is 60.8 Å².